The average Bonchev–Trinajstić information content (AvgIpc) is 2.00. The van der Waals surface area contributed by atoms with Gasteiger partial charge >= 0.3 is 0 Å². The summed E-state index contributed by atoms with van der Waals surface area (Å²) in [6.07, 6.45) is 8.92. The van der Waals surface area contributed by atoms with Gasteiger partial charge in [0.2, 0.25) is 5.91 Å². The van der Waals surface area contributed by atoms with Crippen molar-refractivity contribution in [2.45, 2.75) is 32.6 Å². The van der Waals surface area contributed by atoms with Crippen LogP contribution in [-0.2, 0) is 4.79 Å². The third-order valence-electron chi connectivity index (χ3n) is 2.56. The van der Waals surface area contributed by atoms with E-state index in [1.54, 1.807) is 0 Å². The number of hydrogen-bond donors (Lipinski definition) is 1. The summed E-state index contributed by atoms with van der Waals surface area (Å²) in [5.41, 5.74) is -0.0887. The predicted octanol–water partition coefficient (Wildman–Crippen LogP) is 1.32. The highest BCUT2D eigenvalue weighted by Crippen LogP contribution is 2.40. The van der Waals surface area contributed by atoms with Gasteiger partial charge in [-0.1, -0.05) is 13.3 Å². The zero-order valence-corrected chi connectivity index (χ0v) is 7.52. The normalized spacial score (nSPS) is 19.0. The van der Waals surface area contributed by atoms with E-state index >= 15 is 0 Å². The van der Waals surface area contributed by atoms with Gasteiger partial charge in [0, 0.05) is 18.4 Å². The molecule has 1 rings (SSSR count). The molecular formula is C10H15NO. The van der Waals surface area contributed by atoms with Crippen molar-refractivity contribution in [3.8, 4) is 12.3 Å². The van der Waals surface area contributed by atoms with Crippen LogP contribution in [0.25, 0.3) is 0 Å². The molecule has 0 aromatic rings. The minimum Gasteiger partial charge on any atom is -0.355 e. The fourth-order valence-corrected chi connectivity index (χ4v) is 1.40. The number of amides is 1. The molecule has 1 N–H and O–H groups in total. The van der Waals surface area contributed by atoms with E-state index in [9.17, 15) is 4.79 Å². The average molecular weight is 165 g/mol. The topological polar surface area (TPSA) is 29.1 Å². The molecule has 0 unspecified atom stereocenters. The Kier molecular flexibility index (Phi) is 2.75. The molecule has 0 radical (unpaired) electrons. The minimum atomic E-state index is -0.0887. The van der Waals surface area contributed by atoms with Crippen molar-refractivity contribution in [2.24, 2.45) is 5.41 Å². The van der Waals surface area contributed by atoms with Gasteiger partial charge in [-0.15, -0.1) is 12.3 Å². The molecule has 1 amide bonds. The molecule has 0 aliphatic heterocycles. The van der Waals surface area contributed by atoms with E-state index in [1.165, 1.54) is 6.42 Å². The largest absolute Gasteiger partial charge is 0.355 e. The first-order valence-electron chi connectivity index (χ1n) is 4.41. The van der Waals surface area contributed by atoms with Crippen molar-refractivity contribution in [2.75, 3.05) is 6.54 Å². The van der Waals surface area contributed by atoms with Gasteiger partial charge in [0.15, 0.2) is 0 Å². The molecule has 1 aliphatic rings. The van der Waals surface area contributed by atoms with Crippen LogP contribution in [0.5, 0.6) is 0 Å². The van der Waals surface area contributed by atoms with Crippen LogP contribution in [0.4, 0.5) is 0 Å². The maximum atomic E-state index is 11.4. The van der Waals surface area contributed by atoms with Gasteiger partial charge in [0.05, 0.1) is 0 Å². The smallest absolute Gasteiger partial charge is 0.225 e. The van der Waals surface area contributed by atoms with E-state index in [0.717, 1.165) is 12.8 Å². The summed E-state index contributed by atoms with van der Waals surface area (Å²) in [6, 6.07) is 0. The maximum Gasteiger partial charge on any atom is 0.225 e. The Morgan fingerprint density at radius 3 is 2.75 bits per heavy atom. The van der Waals surface area contributed by atoms with Crippen molar-refractivity contribution >= 4 is 5.91 Å². The van der Waals surface area contributed by atoms with Crippen LogP contribution in [0, 0.1) is 17.8 Å². The molecule has 0 spiro atoms. The molecule has 66 valence electrons. The van der Waals surface area contributed by atoms with Crippen molar-refractivity contribution in [3.63, 3.8) is 0 Å². The third-order valence-corrected chi connectivity index (χ3v) is 2.56. The monoisotopic (exact) mass is 165 g/mol. The molecule has 1 fully saturated rings. The molecule has 0 atom stereocenters. The van der Waals surface area contributed by atoms with Gasteiger partial charge in [-0.2, -0.15) is 0 Å². The highest BCUT2D eigenvalue weighted by molar-refractivity contribution is 5.82. The first-order chi connectivity index (χ1) is 5.69. The first kappa shape index (κ1) is 9.12. The number of terminal acetylenes is 1. The Morgan fingerprint density at radius 1 is 1.67 bits per heavy atom. The first-order valence-corrected chi connectivity index (χ1v) is 4.41. The Morgan fingerprint density at radius 2 is 2.33 bits per heavy atom. The molecule has 2 heteroatoms. The maximum absolute atomic E-state index is 11.4. The number of hydrogen-bond acceptors (Lipinski definition) is 1. The molecular weight excluding hydrogens is 150 g/mol. The minimum absolute atomic E-state index is 0.0887. The van der Waals surface area contributed by atoms with Gasteiger partial charge in [0.25, 0.3) is 0 Å². The molecule has 0 aromatic carbocycles. The fraction of sp³-hybridized carbons (Fsp3) is 0.700. The Balaban J connectivity index is 2.24. The second-order valence-electron chi connectivity index (χ2n) is 3.62. The highest BCUT2D eigenvalue weighted by atomic mass is 16.2. The van der Waals surface area contributed by atoms with E-state index in [0.29, 0.717) is 13.0 Å². The van der Waals surface area contributed by atoms with Gasteiger partial charge in [-0.05, 0) is 12.8 Å². The van der Waals surface area contributed by atoms with Gasteiger partial charge in [0.1, 0.15) is 0 Å². The highest BCUT2D eigenvalue weighted by Gasteiger charge is 2.38. The number of rotatable bonds is 3. The summed E-state index contributed by atoms with van der Waals surface area (Å²) in [5.74, 6) is 2.67. The van der Waals surface area contributed by atoms with E-state index in [1.807, 2.05) is 6.92 Å². The molecule has 0 heterocycles. The molecule has 0 bridgehead atoms. The number of carbonyl (C=O) groups excluding carboxylic acids is 1. The lowest BCUT2D eigenvalue weighted by molar-refractivity contribution is -0.134. The zero-order chi connectivity index (χ0) is 9.03. The quantitative estimate of drug-likeness (QED) is 0.496. The van der Waals surface area contributed by atoms with Crippen molar-refractivity contribution in [3.05, 3.63) is 0 Å². The van der Waals surface area contributed by atoms with Crippen molar-refractivity contribution in [1.29, 1.82) is 0 Å². The Hall–Kier alpha value is -0.970. The number of nitrogens with one attached hydrogen (secondary N) is 1. The van der Waals surface area contributed by atoms with Crippen molar-refractivity contribution < 1.29 is 4.79 Å². The van der Waals surface area contributed by atoms with Crippen LogP contribution in [0.1, 0.15) is 32.6 Å². The molecule has 1 aliphatic carbocycles. The summed E-state index contributed by atoms with van der Waals surface area (Å²) in [5, 5.41) is 2.84. The fourth-order valence-electron chi connectivity index (χ4n) is 1.40. The van der Waals surface area contributed by atoms with E-state index in [4.69, 9.17) is 6.42 Å². The summed E-state index contributed by atoms with van der Waals surface area (Å²) in [7, 11) is 0. The standard InChI is InChI=1S/C10H15NO/c1-3-4-8-11-9(12)10(2)6-5-7-10/h1H,4-8H2,2H3,(H,11,12). The van der Waals surface area contributed by atoms with E-state index in [-0.39, 0.29) is 11.3 Å². The van der Waals surface area contributed by atoms with Crippen molar-refractivity contribution in [1.82, 2.24) is 5.32 Å². The molecule has 0 saturated heterocycles. The Labute approximate surface area is 73.7 Å². The van der Waals surface area contributed by atoms with Crippen LogP contribution in [0.2, 0.25) is 0 Å². The Bertz CT molecular complexity index is 210. The lowest BCUT2D eigenvalue weighted by Crippen LogP contribution is -2.43. The third kappa shape index (κ3) is 1.79. The predicted molar refractivity (Wildman–Crippen MR) is 48.4 cm³/mol. The summed E-state index contributed by atoms with van der Waals surface area (Å²) < 4.78 is 0. The second-order valence-corrected chi connectivity index (χ2v) is 3.62. The summed E-state index contributed by atoms with van der Waals surface area (Å²) in [4.78, 5) is 11.4. The van der Waals surface area contributed by atoms with E-state index in [2.05, 4.69) is 11.2 Å². The van der Waals surface area contributed by atoms with Crippen LogP contribution in [0.3, 0.4) is 0 Å². The summed E-state index contributed by atoms with van der Waals surface area (Å²) in [6.45, 7) is 2.63. The lowest BCUT2D eigenvalue weighted by atomic mass is 9.70. The van der Waals surface area contributed by atoms with Crippen LogP contribution < -0.4 is 5.32 Å². The zero-order valence-electron chi connectivity index (χ0n) is 7.52. The molecule has 0 aromatic heterocycles. The SMILES string of the molecule is C#CCCNC(=O)C1(C)CCC1. The molecule has 1 saturated carbocycles. The van der Waals surface area contributed by atoms with Gasteiger partial charge < -0.3 is 5.32 Å². The molecule has 2 nitrogen and oxygen atoms in total. The second kappa shape index (κ2) is 3.62. The van der Waals surface area contributed by atoms with Crippen LogP contribution in [0.15, 0.2) is 0 Å². The van der Waals surface area contributed by atoms with E-state index < -0.39 is 0 Å². The van der Waals surface area contributed by atoms with Crippen LogP contribution >= 0.6 is 0 Å². The van der Waals surface area contributed by atoms with Gasteiger partial charge in [-0.25, -0.2) is 0 Å². The summed E-state index contributed by atoms with van der Waals surface area (Å²) >= 11 is 0. The number of carbonyl (C=O) groups is 1. The van der Waals surface area contributed by atoms with Gasteiger partial charge in [-0.3, -0.25) is 4.79 Å². The molecule has 12 heavy (non-hydrogen) atoms. The lowest BCUT2D eigenvalue weighted by Gasteiger charge is -2.36. The van der Waals surface area contributed by atoms with Crippen LogP contribution in [-0.4, -0.2) is 12.5 Å².